The number of nitrogens with zero attached hydrogens (tertiary/aromatic N) is 1. The highest BCUT2D eigenvalue weighted by Gasteiger charge is 2.18. The van der Waals surface area contributed by atoms with Gasteiger partial charge in [-0.3, -0.25) is 10.1 Å². The van der Waals surface area contributed by atoms with E-state index in [9.17, 15) is 24.4 Å². The minimum Gasteiger partial charge on any atom is -0.500 e. The number of nitrogens with one attached hydrogen (secondary N) is 1. The molecule has 0 heterocycles. The van der Waals surface area contributed by atoms with E-state index in [1.165, 1.54) is 6.08 Å². The topological polar surface area (TPSA) is 102 Å². The molecule has 0 fully saturated rings. The fraction of sp³-hybridized carbons (Fsp3) is 0.400. The average Bonchev–Trinajstić information content (AvgIpc) is 2.39. The fourth-order valence-electron chi connectivity index (χ4n) is 1.63. The standard InChI is InChI=1S/C15H19FN2O5/c1-15(2,3)23-14(20)17-7-5-4-6-10-8-11(16)13(19)12(9-10)18(21)22/h4,6,8-9,19H,5,7H2,1-3H3,(H,17,20). The molecular weight excluding hydrogens is 307 g/mol. The monoisotopic (exact) mass is 326 g/mol. The van der Waals surface area contributed by atoms with Crippen molar-refractivity contribution in [3.05, 3.63) is 39.7 Å². The van der Waals surface area contributed by atoms with Gasteiger partial charge in [-0.15, -0.1) is 0 Å². The zero-order valence-corrected chi connectivity index (χ0v) is 13.1. The van der Waals surface area contributed by atoms with Crippen LogP contribution >= 0.6 is 0 Å². The van der Waals surface area contributed by atoms with Gasteiger partial charge in [-0.05, 0) is 38.8 Å². The second kappa shape index (κ2) is 7.57. The van der Waals surface area contributed by atoms with E-state index >= 15 is 0 Å². The average molecular weight is 326 g/mol. The smallest absolute Gasteiger partial charge is 0.407 e. The number of benzene rings is 1. The molecule has 0 unspecified atom stereocenters. The van der Waals surface area contributed by atoms with Crippen LogP contribution in [0.3, 0.4) is 0 Å². The van der Waals surface area contributed by atoms with Crippen LogP contribution in [0.1, 0.15) is 32.8 Å². The molecule has 0 radical (unpaired) electrons. The summed E-state index contributed by atoms with van der Waals surface area (Å²) in [7, 11) is 0. The Morgan fingerprint density at radius 3 is 2.70 bits per heavy atom. The van der Waals surface area contributed by atoms with Gasteiger partial charge in [0.2, 0.25) is 5.75 Å². The number of carbonyl (C=O) groups excluding carboxylic acids is 1. The number of hydrogen-bond acceptors (Lipinski definition) is 5. The third kappa shape index (κ3) is 6.33. The van der Waals surface area contributed by atoms with Crippen LogP contribution < -0.4 is 5.32 Å². The zero-order chi connectivity index (χ0) is 17.6. The summed E-state index contributed by atoms with van der Waals surface area (Å²) < 4.78 is 18.4. The molecule has 1 aromatic rings. The maximum Gasteiger partial charge on any atom is 0.407 e. The Morgan fingerprint density at radius 1 is 1.48 bits per heavy atom. The molecule has 0 saturated heterocycles. The van der Waals surface area contributed by atoms with E-state index in [0.29, 0.717) is 13.0 Å². The molecule has 8 heteroatoms. The van der Waals surface area contributed by atoms with E-state index in [0.717, 1.165) is 12.1 Å². The van der Waals surface area contributed by atoms with Crippen molar-refractivity contribution in [2.24, 2.45) is 0 Å². The largest absolute Gasteiger partial charge is 0.500 e. The van der Waals surface area contributed by atoms with E-state index in [-0.39, 0.29) is 5.56 Å². The predicted octanol–water partition coefficient (Wildman–Crippen LogP) is 3.37. The lowest BCUT2D eigenvalue weighted by molar-refractivity contribution is -0.386. The van der Waals surface area contributed by atoms with Crippen LogP contribution in [0.5, 0.6) is 5.75 Å². The molecular formula is C15H19FN2O5. The van der Waals surface area contributed by atoms with Crippen molar-refractivity contribution in [1.29, 1.82) is 0 Å². The van der Waals surface area contributed by atoms with E-state index < -0.39 is 33.9 Å². The number of phenols is 1. The first-order chi connectivity index (χ1) is 10.6. The van der Waals surface area contributed by atoms with Crippen molar-refractivity contribution < 1.29 is 24.0 Å². The first-order valence-electron chi connectivity index (χ1n) is 6.90. The zero-order valence-electron chi connectivity index (χ0n) is 13.1. The van der Waals surface area contributed by atoms with E-state index in [4.69, 9.17) is 4.74 Å². The molecule has 23 heavy (non-hydrogen) atoms. The lowest BCUT2D eigenvalue weighted by atomic mass is 10.1. The minimum atomic E-state index is -1.06. The van der Waals surface area contributed by atoms with Gasteiger partial charge < -0.3 is 15.2 Å². The molecule has 0 saturated carbocycles. The molecule has 7 nitrogen and oxygen atoms in total. The summed E-state index contributed by atoms with van der Waals surface area (Å²) >= 11 is 0. The Labute approximate surface area is 132 Å². The number of carbonyl (C=O) groups is 1. The molecule has 1 amide bonds. The number of halogens is 1. The second-order valence-corrected chi connectivity index (χ2v) is 5.75. The lowest BCUT2D eigenvalue weighted by Crippen LogP contribution is -2.32. The summed E-state index contributed by atoms with van der Waals surface area (Å²) in [5.41, 5.74) is -1.04. The van der Waals surface area contributed by atoms with Crippen LogP contribution in [0.2, 0.25) is 0 Å². The number of aromatic hydroxyl groups is 1. The summed E-state index contributed by atoms with van der Waals surface area (Å²) in [5, 5.41) is 22.5. The fourth-order valence-corrected chi connectivity index (χ4v) is 1.63. The predicted molar refractivity (Wildman–Crippen MR) is 82.6 cm³/mol. The maximum atomic E-state index is 13.4. The van der Waals surface area contributed by atoms with Gasteiger partial charge in [-0.25, -0.2) is 9.18 Å². The van der Waals surface area contributed by atoms with Gasteiger partial charge in [0, 0.05) is 12.6 Å². The quantitative estimate of drug-likeness (QED) is 0.491. The highest BCUT2D eigenvalue weighted by molar-refractivity contribution is 5.67. The normalized spacial score (nSPS) is 11.5. The Hall–Kier alpha value is -2.64. The van der Waals surface area contributed by atoms with Gasteiger partial charge in [0.05, 0.1) is 4.92 Å². The van der Waals surface area contributed by atoms with Crippen molar-refractivity contribution in [1.82, 2.24) is 5.32 Å². The Balaban J connectivity index is 2.56. The van der Waals surface area contributed by atoms with Gasteiger partial charge in [-0.1, -0.05) is 12.2 Å². The Morgan fingerprint density at radius 2 is 2.13 bits per heavy atom. The summed E-state index contributed by atoms with van der Waals surface area (Å²) in [6.45, 7) is 5.55. The lowest BCUT2D eigenvalue weighted by Gasteiger charge is -2.19. The van der Waals surface area contributed by atoms with Crippen LogP contribution in [-0.2, 0) is 4.74 Å². The molecule has 1 rings (SSSR count). The molecule has 0 aliphatic carbocycles. The first kappa shape index (κ1) is 18.4. The highest BCUT2D eigenvalue weighted by atomic mass is 19.1. The third-order valence-corrected chi connectivity index (χ3v) is 2.55. The molecule has 0 aliphatic heterocycles. The van der Waals surface area contributed by atoms with Crippen molar-refractivity contribution in [3.8, 4) is 5.75 Å². The number of hydrogen-bond donors (Lipinski definition) is 2. The van der Waals surface area contributed by atoms with Crippen molar-refractivity contribution in [2.75, 3.05) is 6.54 Å². The van der Waals surface area contributed by atoms with Gasteiger partial charge >= 0.3 is 11.8 Å². The van der Waals surface area contributed by atoms with E-state index in [1.54, 1.807) is 26.8 Å². The maximum absolute atomic E-state index is 13.4. The number of amides is 1. The summed E-state index contributed by atoms with van der Waals surface area (Å²) in [5.74, 6) is -2.05. The number of rotatable bonds is 5. The summed E-state index contributed by atoms with van der Waals surface area (Å²) in [6.07, 6.45) is 2.96. The first-order valence-corrected chi connectivity index (χ1v) is 6.90. The van der Waals surface area contributed by atoms with Crippen molar-refractivity contribution in [3.63, 3.8) is 0 Å². The van der Waals surface area contributed by atoms with Crippen LogP contribution in [0.4, 0.5) is 14.9 Å². The van der Waals surface area contributed by atoms with Crippen LogP contribution in [0, 0.1) is 15.9 Å². The van der Waals surface area contributed by atoms with Crippen molar-refractivity contribution in [2.45, 2.75) is 32.8 Å². The molecule has 0 aliphatic rings. The SMILES string of the molecule is CC(C)(C)OC(=O)NCCC=Cc1cc(F)c(O)c([N+](=O)[O-])c1. The number of phenolic OH excluding ortho intramolecular Hbond substituents is 1. The van der Waals surface area contributed by atoms with Crippen LogP contribution in [0.25, 0.3) is 6.08 Å². The number of nitro groups is 1. The second-order valence-electron chi connectivity index (χ2n) is 5.75. The molecule has 1 aromatic carbocycles. The van der Waals surface area contributed by atoms with Gasteiger partial charge in [0.15, 0.2) is 5.82 Å². The minimum absolute atomic E-state index is 0.240. The number of alkyl carbamates (subject to hydrolysis) is 1. The van der Waals surface area contributed by atoms with Crippen LogP contribution in [-0.4, -0.2) is 28.3 Å². The summed E-state index contributed by atoms with van der Waals surface area (Å²) in [4.78, 5) is 21.2. The van der Waals surface area contributed by atoms with E-state index in [2.05, 4.69) is 5.32 Å². The highest BCUT2D eigenvalue weighted by Crippen LogP contribution is 2.30. The third-order valence-electron chi connectivity index (χ3n) is 2.55. The van der Waals surface area contributed by atoms with E-state index in [1.807, 2.05) is 0 Å². The number of ether oxygens (including phenoxy) is 1. The molecule has 0 bridgehead atoms. The van der Waals surface area contributed by atoms with Gasteiger partial charge in [0.25, 0.3) is 0 Å². The van der Waals surface area contributed by atoms with Gasteiger partial charge in [-0.2, -0.15) is 0 Å². The van der Waals surface area contributed by atoms with Crippen LogP contribution in [0.15, 0.2) is 18.2 Å². The Kier molecular flexibility index (Phi) is 6.06. The number of nitro benzene ring substituents is 1. The molecule has 2 N–H and O–H groups in total. The molecule has 0 aromatic heterocycles. The van der Waals surface area contributed by atoms with Crippen molar-refractivity contribution >= 4 is 17.9 Å². The molecule has 0 atom stereocenters. The molecule has 0 spiro atoms. The Bertz CT molecular complexity index is 623. The van der Waals surface area contributed by atoms with Gasteiger partial charge in [0.1, 0.15) is 5.60 Å². The summed E-state index contributed by atoms with van der Waals surface area (Å²) in [6, 6.07) is 2.05. The molecule has 126 valence electrons.